The van der Waals surface area contributed by atoms with Crippen LogP contribution in [0.15, 0.2) is 48.5 Å². The molecule has 1 aliphatic heterocycles. The van der Waals surface area contributed by atoms with Crippen LogP contribution in [-0.2, 0) is 23.6 Å². The number of ether oxygens (including phenoxy) is 1. The smallest absolute Gasteiger partial charge is 0.385 e. The number of methoxy groups -OCH3 is 1. The number of carbonyl (C=O) groups is 1. The van der Waals surface area contributed by atoms with Gasteiger partial charge in [0.2, 0.25) is 0 Å². The van der Waals surface area contributed by atoms with E-state index in [9.17, 15) is 31.1 Å². The molecule has 0 unspecified atom stereocenters. The lowest BCUT2D eigenvalue weighted by Gasteiger charge is -2.35. The molecular weight excluding hydrogens is 564 g/mol. The topological polar surface area (TPSA) is 53.8 Å². The number of alkyl halides is 6. The molecule has 0 atom stereocenters. The molecule has 7 nitrogen and oxygen atoms in total. The fourth-order valence-electron chi connectivity index (χ4n) is 4.93. The molecule has 228 valence electrons. The SMILES string of the molecule is COCCCN(Cc1c(C)nn(-c2ccccc2)c1N1CCN(C)CC1)C(=O)c1cc(C(F)(F)F)cc(C(F)(F)F)c1. The summed E-state index contributed by atoms with van der Waals surface area (Å²) in [7, 11) is 3.48. The Morgan fingerprint density at radius 1 is 0.952 bits per heavy atom. The van der Waals surface area contributed by atoms with Gasteiger partial charge in [-0.25, -0.2) is 4.68 Å². The number of hydrogen-bond acceptors (Lipinski definition) is 5. The third-order valence-corrected chi connectivity index (χ3v) is 7.21. The van der Waals surface area contributed by atoms with Gasteiger partial charge in [-0.1, -0.05) is 18.2 Å². The Hall–Kier alpha value is -3.58. The van der Waals surface area contributed by atoms with Gasteiger partial charge in [-0.05, 0) is 50.7 Å². The van der Waals surface area contributed by atoms with Gasteiger partial charge in [0, 0.05) is 57.6 Å². The van der Waals surface area contributed by atoms with Crippen molar-refractivity contribution in [1.29, 1.82) is 0 Å². The quantitative estimate of drug-likeness (QED) is 0.236. The second kappa shape index (κ2) is 12.7. The minimum Gasteiger partial charge on any atom is -0.385 e. The van der Waals surface area contributed by atoms with E-state index in [1.54, 1.807) is 11.6 Å². The number of rotatable bonds is 9. The summed E-state index contributed by atoms with van der Waals surface area (Å²) in [6.07, 6.45) is -9.82. The highest BCUT2D eigenvalue weighted by Crippen LogP contribution is 2.37. The number of amides is 1. The van der Waals surface area contributed by atoms with E-state index in [4.69, 9.17) is 9.84 Å². The Morgan fingerprint density at radius 3 is 2.10 bits per heavy atom. The molecule has 13 heteroatoms. The Balaban J connectivity index is 1.79. The Labute approximate surface area is 240 Å². The molecule has 42 heavy (non-hydrogen) atoms. The number of aryl methyl sites for hydroxylation is 1. The van der Waals surface area contributed by atoms with Gasteiger partial charge in [-0.2, -0.15) is 31.4 Å². The highest BCUT2D eigenvalue weighted by Gasteiger charge is 2.38. The summed E-state index contributed by atoms with van der Waals surface area (Å²) in [5.41, 5.74) is -1.73. The minimum absolute atomic E-state index is 0.0194. The average molecular weight is 598 g/mol. The molecule has 0 spiro atoms. The van der Waals surface area contributed by atoms with Crippen LogP contribution < -0.4 is 4.90 Å². The number of likely N-dealkylation sites (N-methyl/N-ethyl adjacent to an activating group) is 1. The monoisotopic (exact) mass is 597 g/mol. The molecule has 2 aromatic carbocycles. The van der Waals surface area contributed by atoms with Gasteiger partial charge >= 0.3 is 12.4 Å². The lowest BCUT2D eigenvalue weighted by molar-refractivity contribution is -0.143. The van der Waals surface area contributed by atoms with Crippen LogP contribution in [0.1, 0.15) is 39.2 Å². The van der Waals surface area contributed by atoms with Crippen molar-refractivity contribution in [1.82, 2.24) is 19.6 Å². The van der Waals surface area contributed by atoms with Crippen LogP contribution in [0.3, 0.4) is 0 Å². The number of carbonyl (C=O) groups excluding carboxylic acids is 1. The maximum absolute atomic E-state index is 13.7. The molecule has 1 saturated heterocycles. The second-order valence-electron chi connectivity index (χ2n) is 10.3. The average Bonchev–Trinajstić information content (AvgIpc) is 3.27. The zero-order valence-electron chi connectivity index (χ0n) is 23.6. The third kappa shape index (κ3) is 7.24. The first-order chi connectivity index (χ1) is 19.8. The van der Waals surface area contributed by atoms with Crippen molar-refractivity contribution in [2.75, 3.05) is 58.4 Å². The Kier molecular flexibility index (Phi) is 9.51. The van der Waals surface area contributed by atoms with Crippen molar-refractivity contribution in [2.45, 2.75) is 32.2 Å². The first kappa shape index (κ1) is 31.4. The zero-order chi connectivity index (χ0) is 30.7. The van der Waals surface area contributed by atoms with Crippen molar-refractivity contribution in [3.8, 4) is 5.69 Å². The first-order valence-electron chi connectivity index (χ1n) is 13.4. The number of benzene rings is 2. The fraction of sp³-hybridized carbons (Fsp3) is 0.448. The van der Waals surface area contributed by atoms with Crippen LogP contribution >= 0.6 is 0 Å². The van der Waals surface area contributed by atoms with Gasteiger partial charge in [0.05, 0.1) is 29.1 Å². The summed E-state index contributed by atoms with van der Waals surface area (Å²) < 4.78 is 88.3. The Bertz CT molecular complexity index is 1330. The van der Waals surface area contributed by atoms with E-state index in [0.717, 1.165) is 24.6 Å². The number of anilines is 1. The van der Waals surface area contributed by atoms with E-state index in [1.165, 1.54) is 12.0 Å². The molecule has 1 fully saturated rings. The molecule has 0 bridgehead atoms. The van der Waals surface area contributed by atoms with Gasteiger partial charge < -0.3 is 19.4 Å². The highest BCUT2D eigenvalue weighted by molar-refractivity contribution is 5.94. The molecular formula is C29H33F6N5O2. The zero-order valence-corrected chi connectivity index (χ0v) is 23.6. The first-order valence-corrected chi connectivity index (χ1v) is 13.4. The van der Waals surface area contributed by atoms with Crippen LogP contribution in [0.25, 0.3) is 5.69 Å². The van der Waals surface area contributed by atoms with Crippen molar-refractivity contribution in [2.24, 2.45) is 0 Å². The summed E-state index contributed by atoms with van der Waals surface area (Å²) in [6.45, 7) is 4.89. The van der Waals surface area contributed by atoms with E-state index in [-0.39, 0.29) is 25.8 Å². The molecule has 1 amide bonds. The summed E-state index contributed by atoms with van der Waals surface area (Å²) in [5.74, 6) is -0.213. The van der Waals surface area contributed by atoms with Crippen molar-refractivity contribution < 1.29 is 35.9 Å². The lowest BCUT2D eigenvalue weighted by atomic mass is 10.0. The van der Waals surface area contributed by atoms with Crippen molar-refractivity contribution >= 4 is 11.7 Å². The van der Waals surface area contributed by atoms with Crippen LogP contribution in [0.4, 0.5) is 32.2 Å². The van der Waals surface area contributed by atoms with Gasteiger partial charge in [0.15, 0.2) is 0 Å². The highest BCUT2D eigenvalue weighted by atomic mass is 19.4. The number of hydrogen-bond donors (Lipinski definition) is 0. The normalized spacial score (nSPS) is 14.8. The number of nitrogens with zero attached hydrogens (tertiary/aromatic N) is 5. The number of halogens is 6. The standard InChI is InChI=1S/C29H33F6N5O2/c1-20-25(26(38-13-11-37(2)12-14-38)40(36-20)24-8-5-4-6-9-24)19-39(10-7-15-42-3)27(41)21-16-22(28(30,31)32)18-23(17-21)29(33,34)35/h4-6,8-9,16-18H,7,10-15,19H2,1-3H3. The molecule has 2 heterocycles. The Morgan fingerprint density at radius 2 is 1.55 bits per heavy atom. The largest absolute Gasteiger partial charge is 0.416 e. The number of para-hydroxylation sites is 1. The lowest BCUT2D eigenvalue weighted by Crippen LogP contribution is -2.45. The molecule has 4 rings (SSSR count). The minimum atomic E-state index is -5.07. The third-order valence-electron chi connectivity index (χ3n) is 7.21. The number of piperazine rings is 1. The molecule has 1 aliphatic rings. The summed E-state index contributed by atoms with van der Waals surface area (Å²) in [6, 6.07) is 10.4. The van der Waals surface area contributed by atoms with E-state index < -0.39 is 35.0 Å². The number of aromatic nitrogens is 2. The van der Waals surface area contributed by atoms with E-state index in [2.05, 4.69) is 9.80 Å². The maximum atomic E-state index is 13.7. The predicted octanol–water partition coefficient (Wildman–Crippen LogP) is 5.65. The van der Waals surface area contributed by atoms with Crippen LogP contribution in [0.5, 0.6) is 0 Å². The fourth-order valence-corrected chi connectivity index (χ4v) is 4.93. The summed E-state index contributed by atoms with van der Waals surface area (Å²) in [4.78, 5) is 19.3. The van der Waals surface area contributed by atoms with Gasteiger partial charge in [-0.15, -0.1) is 0 Å². The second-order valence-corrected chi connectivity index (χ2v) is 10.3. The van der Waals surface area contributed by atoms with Gasteiger partial charge in [-0.3, -0.25) is 4.79 Å². The molecule has 3 aromatic rings. The van der Waals surface area contributed by atoms with Gasteiger partial charge in [0.1, 0.15) is 5.82 Å². The molecule has 0 N–H and O–H groups in total. The van der Waals surface area contributed by atoms with Crippen LogP contribution in [0.2, 0.25) is 0 Å². The summed E-state index contributed by atoms with van der Waals surface area (Å²) >= 11 is 0. The van der Waals surface area contributed by atoms with Crippen LogP contribution in [-0.4, -0.2) is 79.0 Å². The molecule has 0 aliphatic carbocycles. The van der Waals surface area contributed by atoms with E-state index in [0.29, 0.717) is 42.9 Å². The molecule has 1 aromatic heterocycles. The van der Waals surface area contributed by atoms with Gasteiger partial charge in [0.25, 0.3) is 5.91 Å². The van der Waals surface area contributed by atoms with E-state index >= 15 is 0 Å². The van der Waals surface area contributed by atoms with Crippen molar-refractivity contribution in [3.63, 3.8) is 0 Å². The van der Waals surface area contributed by atoms with E-state index in [1.807, 2.05) is 37.4 Å². The van der Waals surface area contributed by atoms with Crippen LogP contribution in [0, 0.1) is 6.92 Å². The molecule has 0 radical (unpaired) electrons. The van der Waals surface area contributed by atoms with Crippen molar-refractivity contribution in [3.05, 3.63) is 76.5 Å². The predicted molar refractivity (Wildman–Crippen MR) is 146 cm³/mol. The summed E-state index contributed by atoms with van der Waals surface area (Å²) in [5, 5.41) is 4.75. The maximum Gasteiger partial charge on any atom is 0.416 e. The molecule has 0 saturated carbocycles.